The normalized spacial score (nSPS) is 17.3. The molecule has 1 aromatic heterocycles. The lowest BCUT2D eigenvalue weighted by atomic mass is 10.1. The number of imidazole rings is 1. The quantitative estimate of drug-likeness (QED) is 0.695. The van der Waals surface area contributed by atoms with Gasteiger partial charge in [-0.15, -0.1) is 6.58 Å². The number of hydrogen-bond acceptors (Lipinski definition) is 2. The van der Waals surface area contributed by atoms with E-state index in [1.165, 1.54) is 0 Å². The fourth-order valence-electron chi connectivity index (χ4n) is 3.21. The minimum atomic E-state index is 0.0244. The Kier molecular flexibility index (Phi) is 3.23. The van der Waals surface area contributed by atoms with Gasteiger partial charge in [0, 0.05) is 13.1 Å². The number of hydrogen-bond donors (Lipinski definition) is 0. The summed E-state index contributed by atoms with van der Waals surface area (Å²) in [5.74, 6) is 0.0468. The Labute approximate surface area is 134 Å². The number of carbonyl (C=O) groups is 1. The first kappa shape index (κ1) is 13.8. The van der Waals surface area contributed by atoms with Crippen LogP contribution >= 0.6 is 0 Å². The Morgan fingerprint density at radius 1 is 1.17 bits per heavy atom. The second kappa shape index (κ2) is 5.39. The second-order valence-electron chi connectivity index (χ2n) is 5.80. The summed E-state index contributed by atoms with van der Waals surface area (Å²) in [5.41, 5.74) is 3.59. The van der Waals surface area contributed by atoms with Gasteiger partial charge in [-0.05, 0) is 17.7 Å². The molecule has 4 heteroatoms. The van der Waals surface area contributed by atoms with Crippen LogP contribution in [0.15, 0.2) is 67.5 Å². The van der Waals surface area contributed by atoms with Gasteiger partial charge in [0.1, 0.15) is 0 Å². The molecule has 4 nitrogen and oxygen atoms in total. The molecule has 0 bridgehead atoms. The molecule has 0 spiro atoms. The van der Waals surface area contributed by atoms with Gasteiger partial charge >= 0.3 is 0 Å². The van der Waals surface area contributed by atoms with E-state index in [0.717, 1.165) is 16.6 Å². The molecule has 0 radical (unpaired) electrons. The van der Waals surface area contributed by atoms with Gasteiger partial charge in [-0.2, -0.15) is 0 Å². The van der Waals surface area contributed by atoms with Crippen molar-refractivity contribution in [3.05, 3.63) is 78.6 Å². The van der Waals surface area contributed by atoms with E-state index in [1.807, 2.05) is 59.5 Å². The average molecular weight is 303 g/mol. The van der Waals surface area contributed by atoms with Crippen molar-refractivity contribution >= 4 is 16.9 Å². The van der Waals surface area contributed by atoms with Gasteiger partial charge in [0.2, 0.25) is 0 Å². The first-order valence-corrected chi connectivity index (χ1v) is 7.69. The molecule has 4 rings (SSSR count). The lowest BCUT2D eigenvalue weighted by molar-refractivity contribution is 0.0738. The van der Waals surface area contributed by atoms with E-state index in [4.69, 9.17) is 0 Å². The lowest BCUT2D eigenvalue weighted by Crippen LogP contribution is -2.33. The molecule has 0 saturated heterocycles. The van der Waals surface area contributed by atoms with Crippen LogP contribution < -0.4 is 0 Å². The number of rotatable bonds is 3. The number of carbonyl (C=O) groups excluding carboxylic acids is 1. The monoisotopic (exact) mass is 303 g/mol. The van der Waals surface area contributed by atoms with Crippen molar-refractivity contribution in [3.63, 3.8) is 0 Å². The number of para-hydroxylation sites is 1. The van der Waals surface area contributed by atoms with Crippen molar-refractivity contribution in [3.8, 4) is 0 Å². The third-order valence-corrected chi connectivity index (χ3v) is 4.36. The standard InChI is InChI=1S/C19H17N3O/c1-2-15-12-21(11-14-7-4-3-5-8-14)19(23)16-9-6-10-17-18(16)22(15)13-20-17/h2-10,13,15H,1,11-12H2/t15-/m0/s1. The van der Waals surface area contributed by atoms with E-state index in [9.17, 15) is 4.79 Å². The van der Waals surface area contributed by atoms with Crippen molar-refractivity contribution in [2.75, 3.05) is 6.54 Å². The number of amides is 1. The molecule has 0 N–H and O–H groups in total. The van der Waals surface area contributed by atoms with Crippen LogP contribution in [0.2, 0.25) is 0 Å². The lowest BCUT2D eigenvalue weighted by Gasteiger charge is -2.24. The van der Waals surface area contributed by atoms with E-state index in [0.29, 0.717) is 18.7 Å². The van der Waals surface area contributed by atoms with Gasteiger partial charge in [0.15, 0.2) is 0 Å². The highest BCUT2D eigenvalue weighted by Gasteiger charge is 2.28. The van der Waals surface area contributed by atoms with Crippen LogP contribution in [0.5, 0.6) is 0 Å². The van der Waals surface area contributed by atoms with Gasteiger partial charge in [-0.3, -0.25) is 4.79 Å². The first-order valence-electron chi connectivity index (χ1n) is 7.69. The Morgan fingerprint density at radius 2 is 2.00 bits per heavy atom. The van der Waals surface area contributed by atoms with Crippen molar-refractivity contribution in [2.45, 2.75) is 12.6 Å². The van der Waals surface area contributed by atoms with Crippen LogP contribution in [-0.4, -0.2) is 26.9 Å². The van der Waals surface area contributed by atoms with E-state index >= 15 is 0 Å². The maximum Gasteiger partial charge on any atom is 0.256 e. The van der Waals surface area contributed by atoms with E-state index < -0.39 is 0 Å². The molecule has 3 aromatic rings. The zero-order valence-corrected chi connectivity index (χ0v) is 12.7. The van der Waals surface area contributed by atoms with Gasteiger partial charge in [-0.1, -0.05) is 42.5 Å². The van der Waals surface area contributed by atoms with Crippen molar-refractivity contribution < 1.29 is 4.79 Å². The fourth-order valence-corrected chi connectivity index (χ4v) is 3.21. The van der Waals surface area contributed by atoms with Crippen LogP contribution in [0, 0.1) is 0 Å². The van der Waals surface area contributed by atoms with E-state index in [-0.39, 0.29) is 11.9 Å². The summed E-state index contributed by atoms with van der Waals surface area (Å²) in [6, 6.07) is 15.8. The SMILES string of the molecule is C=C[C@H]1CN(Cc2ccccc2)C(=O)c2cccc3ncn1c23. The number of benzene rings is 2. The molecular formula is C19H17N3O. The van der Waals surface area contributed by atoms with Crippen LogP contribution in [0.4, 0.5) is 0 Å². The molecule has 0 saturated carbocycles. The zero-order valence-electron chi connectivity index (χ0n) is 12.7. The minimum absolute atomic E-state index is 0.0244. The molecule has 1 aliphatic heterocycles. The molecule has 2 heterocycles. The highest BCUT2D eigenvalue weighted by Crippen LogP contribution is 2.28. The van der Waals surface area contributed by atoms with Crippen LogP contribution in [0.1, 0.15) is 22.0 Å². The smallest absolute Gasteiger partial charge is 0.256 e. The van der Waals surface area contributed by atoms with Gasteiger partial charge in [0.25, 0.3) is 5.91 Å². The number of nitrogens with zero attached hydrogens (tertiary/aromatic N) is 3. The van der Waals surface area contributed by atoms with Gasteiger partial charge < -0.3 is 9.47 Å². The fraction of sp³-hybridized carbons (Fsp3) is 0.158. The third-order valence-electron chi connectivity index (χ3n) is 4.36. The van der Waals surface area contributed by atoms with Crippen LogP contribution in [0.25, 0.3) is 11.0 Å². The Balaban J connectivity index is 1.81. The summed E-state index contributed by atoms with van der Waals surface area (Å²) >= 11 is 0. The molecule has 1 amide bonds. The minimum Gasteiger partial charge on any atom is -0.332 e. The molecule has 2 aromatic carbocycles. The second-order valence-corrected chi connectivity index (χ2v) is 5.80. The van der Waals surface area contributed by atoms with Crippen LogP contribution in [-0.2, 0) is 6.54 Å². The van der Waals surface area contributed by atoms with Crippen LogP contribution in [0.3, 0.4) is 0 Å². The summed E-state index contributed by atoms with van der Waals surface area (Å²) in [6.07, 6.45) is 3.69. The molecule has 0 unspecified atom stereocenters. The Morgan fingerprint density at radius 3 is 2.78 bits per heavy atom. The largest absolute Gasteiger partial charge is 0.332 e. The first-order chi connectivity index (χ1) is 11.3. The number of aromatic nitrogens is 2. The Bertz CT molecular complexity index is 882. The summed E-state index contributed by atoms with van der Waals surface area (Å²) in [4.78, 5) is 19.3. The molecule has 0 aliphatic carbocycles. The summed E-state index contributed by atoms with van der Waals surface area (Å²) in [5, 5.41) is 0. The third kappa shape index (κ3) is 2.23. The van der Waals surface area contributed by atoms with Crippen molar-refractivity contribution in [1.82, 2.24) is 14.5 Å². The molecule has 0 fully saturated rings. The van der Waals surface area contributed by atoms with E-state index in [1.54, 1.807) is 6.33 Å². The molecule has 1 aliphatic rings. The average Bonchev–Trinajstić information content (AvgIpc) is 2.98. The highest BCUT2D eigenvalue weighted by atomic mass is 16.2. The van der Waals surface area contributed by atoms with Gasteiger partial charge in [0.05, 0.1) is 29.0 Å². The highest BCUT2D eigenvalue weighted by molar-refractivity contribution is 6.05. The maximum atomic E-state index is 13.0. The predicted molar refractivity (Wildman–Crippen MR) is 90.1 cm³/mol. The summed E-state index contributed by atoms with van der Waals surface area (Å²) in [7, 11) is 0. The molecule has 114 valence electrons. The van der Waals surface area contributed by atoms with Crippen molar-refractivity contribution in [1.29, 1.82) is 0 Å². The zero-order chi connectivity index (χ0) is 15.8. The topological polar surface area (TPSA) is 38.1 Å². The molecular weight excluding hydrogens is 286 g/mol. The Hall–Kier alpha value is -2.88. The molecule has 23 heavy (non-hydrogen) atoms. The van der Waals surface area contributed by atoms with Gasteiger partial charge in [-0.25, -0.2) is 4.98 Å². The molecule has 1 atom stereocenters. The van der Waals surface area contributed by atoms with E-state index in [2.05, 4.69) is 16.1 Å². The maximum absolute atomic E-state index is 13.0. The van der Waals surface area contributed by atoms with Crippen molar-refractivity contribution in [2.24, 2.45) is 0 Å². The summed E-state index contributed by atoms with van der Waals surface area (Å²) in [6.45, 7) is 5.14. The summed E-state index contributed by atoms with van der Waals surface area (Å²) < 4.78 is 2.06. The predicted octanol–water partition coefficient (Wildman–Crippen LogP) is 3.42.